The fraction of sp³-hybridized carbons (Fsp3) is 0.263. The Bertz CT molecular complexity index is 989. The van der Waals surface area contributed by atoms with Crippen molar-refractivity contribution in [1.82, 2.24) is 19.9 Å². The van der Waals surface area contributed by atoms with E-state index in [9.17, 15) is 4.79 Å². The van der Waals surface area contributed by atoms with Crippen LogP contribution in [0.25, 0.3) is 22.3 Å². The number of hydrogen-bond acceptors (Lipinski definition) is 5. The van der Waals surface area contributed by atoms with Crippen molar-refractivity contribution in [2.24, 2.45) is 0 Å². The number of nitrogen functional groups attached to an aromatic ring is 1. The average Bonchev–Trinajstić information content (AvgIpc) is 2.69. The van der Waals surface area contributed by atoms with E-state index in [1.807, 2.05) is 17.0 Å². The Morgan fingerprint density at radius 2 is 1.81 bits per heavy atom. The number of benzene rings is 1. The van der Waals surface area contributed by atoms with Gasteiger partial charge in [0.05, 0.1) is 27.9 Å². The maximum atomic E-state index is 12.7. The fourth-order valence-electron chi connectivity index (χ4n) is 3.15. The molecule has 3 heterocycles. The smallest absolute Gasteiger partial charge is 0.253 e. The molecule has 1 aromatic carbocycles. The molecule has 2 aromatic heterocycles. The Hall–Kier alpha value is -2.44. The summed E-state index contributed by atoms with van der Waals surface area (Å²) in [7, 11) is 0. The van der Waals surface area contributed by atoms with Gasteiger partial charge in [0.2, 0.25) is 0 Å². The second-order valence-corrected chi connectivity index (χ2v) is 6.81. The first kappa shape index (κ1) is 19.3. The van der Waals surface area contributed by atoms with Crippen LogP contribution in [-0.2, 0) is 0 Å². The first-order valence-corrected chi connectivity index (χ1v) is 8.97. The van der Waals surface area contributed by atoms with Gasteiger partial charge in [-0.1, -0.05) is 11.6 Å². The molecule has 27 heavy (non-hydrogen) atoms. The number of piperidine rings is 1. The van der Waals surface area contributed by atoms with Crippen LogP contribution >= 0.6 is 24.0 Å². The summed E-state index contributed by atoms with van der Waals surface area (Å²) in [5.41, 5.74) is 9.06. The predicted octanol–water partition coefficient (Wildman–Crippen LogP) is 3.98. The SMILES string of the molecule is Cl.Nc1ncc(-c2cnc3ccc(C(=O)N4CCCCC4)cc3n2)cc1Cl. The highest BCUT2D eigenvalue weighted by Crippen LogP contribution is 2.25. The number of fused-ring (bicyclic) bond motifs is 1. The van der Waals surface area contributed by atoms with E-state index in [2.05, 4.69) is 15.0 Å². The third-order valence-corrected chi connectivity index (χ3v) is 4.90. The zero-order valence-electron chi connectivity index (χ0n) is 14.6. The average molecular weight is 404 g/mol. The number of carbonyl (C=O) groups excluding carboxylic acids is 1. The van der Waals surface area contributed by atoms with Crippen molar-refractivity contribution in [2.45, 2.75) is 19.3 Å². The number of rotatable bonds is 2. The number of nitrogens with two attached hydrogens (primary N) is 1. The van der Waals surface area contributed by atoms with Gasteiger partial charge in [0.15, 0.2) is 0 Å². The predicted molar refractivity (Wildman–Crippen MR) is 109 cm³/mol. The van der Waals surface area contributed by atoms with Crippen LogP contribution in [0.1, 0.15) is 29.6 Å². The number of aromatic nitrogens is 3. The molecule has 3 aromatic rings. The molecule has 1 aliphatic rings. The van der Waals surface area contributed by atoms with E-state index in [0.29, 0.717) is 21.8 Å². The number of pyridine rings is 1. The normalized spacial score (nSPS) is 14.0. The molecule has 140 valence electrons. The van der Waals surface area contributed by atoms with Gasteiger partial charge in [0.1, 0.15) is 5.82 Å². The lowest BCUT2D eigenvalue weighted by Crippen LogP contribution is -2.35. The molecule has 0 bridgehead atoms. The number of halogens is 2. The van der Waals surface area contributed by atoms with E-state index in [1.54, 1.807) is 24.5 Å². The van der Waals surface area contributed by atoms with Gasteiger partial charge in [-0.2, -0.15) is 0 Å². The first-order chi connectivity index (χ1) is 12.6. The second-order valence-electron chi connectivity index (χ2n) is 6.40. The van der Waals surface area contributed by atoms with E-state index in [-0.39, 0.29) is 24.1 Å². The minimum atomic E-state index is 0. The summed E-state index contributed by atoms with van der Waals surface area (Å²) in [5, 5.41) is 0.374. The number of hydrogen-bond donors (Lipinski definition) is 1. The quantitative estimate of drug-likeness (QED) is 0.699. The minimum Gasteiger partial charge on any atom is -0.382 e. The largest absolute Gasteiger partial charge is 0.382 e. The molecule has 8 heteroatoms. The van der Waals surface area contributed by atoms with Gasteiger partial charge in [0, 0.05) is 30.4 Å². The lowest BCUT2D eigenvalue weighted by Gasteiger charge is -2.26. The van der Waals surface area contributed by atoms with Gasteiger partial charge in [-0.15, -0.1) is 12.4 Å². The third kappa shape index (κ3) is 3.96. The summed E-state index contributed by atoms with van der Waals surface area (Å²) >= 11 is 6.05. The van der Waals surface area contributed by atoms with Gasteiger partial charge >= 0.3 is 0 Å². The van der Waals surface area contributed by atoms with Crippen LogP contribution in [-0.4, -0.2) is 38.8 Å². The molecule has 1 saturated heterocycles. The van der Waals surface area contributed by atoms with Gasteiger partial charge in [-0.3, -0.25) is 9.78 Å². The van der Waals surface area contributed by atoms with Crippen LogP contribution in [0.15, 0.2) is 36.7 Å². The Kier molecular flexibility index (Phi) is 5.77. The molecule has 4 rings (SSSR count). The maximum Gasteiger partial charge on any atom is 0.253 e. The molecular weight excluding hydrogens is 385 g/mol. The van der Waals surface area contributed by atoms with E-state index < -0.39 is 0 Å². The molecule has 1 aliphatic heterocycles. The van der Waals surface area contributed by atoms with E-state index in [0.717, 1.165) is 37.0 Å². The summed E-state index contributed by atoms with van der Waals surface area (Å²) in [4.78, 5) is 27.7. The van der Waals surface area contributed by atoms with Gasteiger partial charge in [-0.05, 0) is 43.5 Å². The highest BCUT2D eigenvalue weighted by atomic mass is 35.5. The van der Waals surface area contributed by atoms with E-state index in [4.69, 9.17) is 17.3 Å². The standard InChI is InChI=1S/C19H18ClN5O.ClH/c20-14-8-13(10-23-18(14)21)17-11-22-15-5-4-12(9-16(15)24-17)19(26)25-6-2-1-3-7-25;/h4-5,8-11H,1-3,6-7H2,(H2,21,23);1H. The van der Waals surface area contributed by atoms with Crippen molar-refractivity contribution in [3.05, 3.63) is 47.2 Å². The Labute approximate surface area is 168 Å². The number of nitrogens with zero attached hydrogens (tertiary/aromatic N) is 4. The molecule has 1 fully saturated rings. The number of amides is 1. The third-order valence-electron chi connectivity index (χ3n) is 4.60. The fourth-order valence-corrected chi connectivity index (χ4v) is 3.32. The highest BCUT2D eigenvalue weighted by Gasteiger charge is 2.18. The lowest BCUT2D eigenvalue weighted by molar-refractivity contribution is 0.0724. The Balaban J connectivity index is 0.00000210. The van der Waals surface area contributed by atoms with Crippen molar-refractivity contribution in [3.8, 4) is 11.3 Å². The van der Waals surface area contributed by atoms with Crippen molar-refractivity contribution >= 4 is 46.8 Å². The molecule has 0 unspecified atom stereocenters. The minimum absolute atomic E-state index is 0. The number of carbonyl (C=O) groups is 1. The van der Waals surface area contributed by atoms with Gasteiger partial charge in [0.25, 0.3) is 5.91 Å². The highest BCUT2D eigenvalue weighted by molar-refractivity contribution is 6.33. The molecule has 0 atom stereocenters. The molecule has 1 amide bonds. The van der Waals surface area contributed by atoms with E-state index >= 15 is 0 Å². The van der Waals surface area contributed by atoms with E-state index in [1.165, 1.54) is 6.42 Å². The Morgan fingerprint density at radius 3 is 2.56 bits per heavy atom. The van der Waals surface area contributed by atoms with Crippen molar-refractivity contribution in [2.75, 3.05) is 18.8 Å². The summed E-state index contributed by atoms with van der Waals surface area (Å²) < 4.78 is 0. The molecule has 0 spiro atoms. The summed E-state index contributed by atoms with van der Waals surface area (Å²) in [6.07, 6.45) is 6.59. The lowest BCUT2D eigenvalue weighted by atomic mass is 10.1. The summed E-state index contributed by atoms with van der Waals surface area (Å²) in [5.74, 6) is 0.328. The molecule has 2 N–H and O–H groups in total. The summed E-state index contributed by atoms with van der Waals surface area (Å²) in [6, 6.07) is 7.16. The van der Waals surface area contributed by atoms with Gasteiger partial charge < -0.3 is 10.6 Å². The molecule has 0 radical (unpaired) electrons. The van der Waals surface area contributed by atoms with Crippen LogP contribution in [0.3, 0.4) is 0 Å². The zero-order valence-corrected chi connectivity index (χ0v) is 16.1. The van der Waals surface area contributed by atoms with Crippen LogP contribution < -0.4 is 5.73 Å². The van der Waals surface area contributed by atoms with Crippen LogP contribution in [0.4, 0.5) is 5.82 Å². The molecule has 0 saturated carbocycles. The monoisotopic (exact) mass is 403 g/mol. The zero-order chi connectivity index (χ0) is 18.1. The van der Waals surface area contributed by atoms with Crippen molar-refractivity contribution in [1.29, 1.82) is 0 Å². The second kappa shape index (κ2) is 8.06. The van der Waals surface area contributed by atoms with Crippen LogP contribution in [0.5, 0.6) is 0 Å². The summed E-state index contributed by atoms with van der Waals surface area (Å²) in [6.45, 7) is 1.64. The Morgan fingerprint density at radius 1 is 1.04 bits per heavy atom. The van der Waals surface area contributed by atoms with Crippen LogP contribution in [0.2, 0.25) is 5.02 Å². The van der Waals surface area contributed by atoms with Gasteiger partial charge in [-0.25, -0.2) is 9.97 Å². The van der Waals surface area contributed by atoms with Crippen molar-refractivity contribution < 1.29 is 4.79 Å². The molecular formula is C19H19Cl2N5O. The first-order valence-electron chi connectivity index (χ1n) is 8.59. The van der Waals surface area contributed by atoms with Crippen LogP contribution in [0, 0.1) is 0 Å². The van der Waals surface area contributed by atoms with Crippen molar-refractivity contribution in [3.63, 3.8) is 0 Å². The molecule has 0 aliphatic carbocycles. The maximum absolute atomic E-state index is 12.7. The number of anilines is 1. The molecule has 6 nitrogen and oxygen atoms in total. The number of likely N-dealkylation sites (tertiary alicyclic amines) is 1. The topological polar surface area (TPSA) is 85.0 Å².